The van der Waals surface area contributed by atoms with Gasteiger partial charge in [-0.15, -0.1) is 5.10 Å². The first kappa shape index (κ1) is 19.6. The van der Waals surface area contributed by atoms with Crippen LogP contribution in [-0.4, -0.2) is 40.4 Å². The van der Waals surface area contributed by atoms with Gasteiger partial charge < -0.3 is 9.64 Å². The number of hydrogen-bond donors (Lipinski definition) is 1. The van der Waals surface area contributed by atoms with E-state index in [9.17, 15) is 0 Å². The van der Waals surface area contributed by atoms with Gasteiger partial charge in [-0.3, -0.25) is 0 Å². The van der Waals surface area contributed by atoms with E-state index in [0.29, 0.717) is 0 Å². The quantitative estimate of drug-likeness (QED) is 0.671. The molecule has 0 unspecified atom stereocenters. The van der Waals surface area contributed by atoms with Crippen LogP contribution in [0.3, 0.4) is 0 Å². The second-order valence-corrected chi connectivity index (χ2v) is 7.74. The normalized spacial score (nSPS) is 16.3. The number of ether oxygens (including phenoxy) is 1. The molecule has 1 aliphatic rings. The van der Waals surface area contributed by atoms with Crippen molar-refractivity contribution in [3.63, 3.8) is 0 Å². The molecule has 0 saturated carbocycles. The molecule has 2 aromatic carbocycles. The smallest absolute Gasteiger partial charge is 0.214 e. The number of hydrogen-bond acceptors (Lipinski definition) is 4. The molecule has 1 fully saturated rings. The predicted molar refractivity (Wildman–Crippen MR) is 112 cm³/mol. The Kier molecular flexibility index (Phi) is 6.52. The van der Waals surface area contributed by atoms with Crippen LogP contribution in [0.2, 0.25) is 0 Å². The van der Waals surface area contributed by atoms with Gasteiger partial charge >= 0.3 is 0 Å². The summed E-state index contributed by atoms with van der Waals surface area (Å²) in [6, 6.07) is 18.9. The summed E-state index contributed by atoms with van der Waals surface area (Å²) < 4.78 is 7.71. The molecular formula is C23H30N5O+. The number of likely N-dealkylation sites (tertiary alicyclic amines) is 1. The highest BCUT2D eigenvalue weighted by Gasteiger charge is 2.34. The lowest BCUT2D eigenvalue weighted by Gasteiger charge is -2.28. The molecule has 1 N–H and O–H groups in total. The molecule has 0 radical (unpaired) electrons. The number of quaternary nitrogens is 1. The molecule has 2 heterocycles. The summed E-state index contributed by atoms with van der Waals surface area (Å²) in [5, 5.41) is 12.9. The Hall–Kier alpha value is -2.73. The molecule has 29 heavy (non-hydrogen) atoms. The number of rotatable bonds is 7. The molecule has 0 aliphatic carbocycles. The van der Waals surface area contributed by atoms with Crippen molar-refractivity contribution in [3.8, 4) is 5.75 Å². The molecule has 1 aliphatic heterocycles. The van der Waals surface area contributed by atoms with Crippen LogP contribution < -0.4 is 9.64 Å². The zero-order chi connectivity index (χ0) is 19.9. The number of para-hydroxylation sites is 1. The van der Waals surface area contributed by atoms with E-state index >= 15 is 0 Å². The first-order valence-electron chi connectivity index (χ1n) is 10.6. The van der Waals surface area contributed by atoms with Gasteiger partial charge in [0.25, 0.3) is 0 Å². The molecule has 1 saturated heterocycles. The maximum atomic E-state index is 5.72. The fraction of sp³-hybridized carbons (Fsp3) is 0.435. The summed E-state index contributed by atoms with van der Waals surface area (Å²) in [5.74, 6) is 1.84. The predicted octanol–water partition coefficient (Wildman–Crippen LogP) is 2.47. The number of methoxy groups -OCH3 is 1. The molecule has 0 bridgehead atoms. The van der Waals surface area contributed by atoms with E-state index in [1.807, 2.05) is 22.9 Å². The van der Waals surface area contributed by atoms with Gasteiger partial charge in [0.05, 0.1) is 25.8 Å². The third kappa shape index (κ3) is 4.65. The van der Waals surface area contributed by atoms with E-state index < -0.39 is 0 Å². The minimum Gasteiger partial charge on any atom is -0.496 e. The second kappa shape index (κ2) is 9.65. The Balaban J connectivity index is 1.67. The molecule has 0 spiro atoms. The lowest BCUT2D eigenvalue weighted by molar-refractivity contribution is -0.925. The van der Waals surface area contributed by atoms with Crippen LogP contribution in [0, 0.1) is 0 Å². The van der Waals surface area contributed by atoms with E-state index in [-0.39, 0.29) is 6.04 Å². The van der Waals surface area contributed by atoms with Gasteiger partial charge in [-0.1, -0.05) is 42.5 Å². The van der Waals surface area contributed by atoms with Crippen LogP contribution >= 0.6 is 0 Å². The second-order valence-electron chi connectivity index (χ2n) is 7.74. The van der Waals surface area contributed by atoms with Gasteiger partial charge in [0.1, 0.15) is 5.75 Å². The maximum absolute atomic E-state index is 5.72. The Labute approximate surface area is 172 Å². The standard InChI is InChI=1S/C23H29N5O/c1-29-21-14-8-7-13-20(21)22(27-16-9-2-3-10-17-27)23-24-25-26-28(23)18-15-19-11-5-4-6-12-19/h4-8,11-14,22H,2-3,9-10,15-18H2,1H3/p+1/t22-/m0/s1. The van der Waals surface area contributed by atoms with Crippen LogP contribution in [-0.2, 0) is 13.0 Å². The third-order valence-electron chi connectivity index (χ3n) is 5.88. The Bertz CT molecular complexity index is 887. The van der Waals surface area contributed by atoms with Crippen LogP contribution in [0.25, 0.3) is 0 Å². The van der Waals surface area contributed by atoms with Gasteiger partial charge in [0.2, 0.25) is 5.82 Å². The average Bonchev–Trinajstić information content (AvgIpc) is 3.06. The first-order valence-corrected chi connectivity index (χ1v) is 10.6. The number of tetrazole rings is 1. The van der Waals surface area contributed by atoms with Gasteiger partial charge in [0.15, 0.2) is 6.04 Å². The highest BCUT2D eigenvalue weighted by atomic mass is 16.5. The average molecular weight is 393 g/mol. The summed E-state index contributed by atoms with van der Waals surface area (Å²) >= 11 is 0. The van der Waals surface area contributed by atoms with Gasteiger partial charge in [-0.2, -0.15) is 0 Å². The van der Waals surface area contributed by atoms with Crippen molar-refractivity contribution in [2.75, 3.05) is 20.2 Å². The summed E-state index contributed by atoms with van der Waals surface area (Å²) in [6.07, 6.45) is 6.01. The topological polar surface area (TPSA) is 57.3 Å². The largest absolute Gasteiger partial charge is 0.496 e. The lowest BCUT2D eigenvalue weighted by atomic mass is 10.0. The van der Waals surface area contributed by atoms with Crippen LogP contribution in [0.1, 0.15) is 48.7 Å². The van der Waals surface area contributed by atoms with E-state index in [1.54, 1.807) is 7.11 Å². The Morgan fingerprint density at radius 2 is 1.69 bits per heavy atom. The molecule has 3 aromatic rings. The van der Waals surface area contributed by atoms with Crippen molar-refractivity contribution in [3.05, 3.63) is 71.5 Å². The fourth-order valence-electron chi connectivity index (χ4n) is 4.38. The Morgan fingerprint density at radius 1 is 0.966 bits per heavy atom. The van der Waals surface area contributed by atoms with Crippen molar-refractivity contribution in [2.24, 2.45) is 0 Å². The van der Waals surface area contributed by atoms with Crippen LogP contribution in [0.4, 0.5) is 0 Å². The van der Waals surface area contributed by atoms with E-state index in [0.717, 1.165) is 37.6 Å². The number of nitrogens with one attached hydrogen (secondary N) is 1. The van der Waals surface area contributed by atoms with E-state index in [4.69, 9.17) is 4.74 Å². The minimum atomic E-state index is 0.0787. The number of benzene rings is 2. The van der Waals surface area contributed by atoms with Crippen LogP contribution in [0.5, 0.6) is 5.75 Å². The molecule has 1 aromatic heterocycles. The Morgan fingerprint density at radius 3 is 2.45 bits per heavy atom. The number of nitrogens with zero attached hydrogens (tertiary/aromatic N) is 4. The zero-order valence-corrected chi connectivity index (χ0v) is 17.1. The van der Waals surface area contributed by atoms with Crippen LogP contribution in [0.15, 0.2) is 54.6 Å². The van der Waals surface area contributed by atoms with Crippen molar-refractivity contribution >= 4 is 0 Å². The molecule has 152 valence electrons. The SMILES string of the molecule is COc1ccccc1[C@@H](c1nnnn1CCc1ccccc1)[NH+]1CCCCCC1. The molecule has 6 nitrogen and oxygen atoms in total. The van der Waals surface area contributed by atoms with Gasteiger partial charge in [-0.05, 0) is 60.2 Å². The van der Waals surface area contributed by atoms with Crippen molar-refractivity contribution in [2.45, 2.75) is 44.7 Å². The van der Waals surface area contributed by atoms with Crippen molar-refractivity contribution in [1.82, 2.24) is 20.2 Å². The van der Waals surface area contributed by atoms with Gasteiger partial charge in [-0.25, -0.2) is 4.68 Å². The zero-order valence-electron chi connectivity index (χ0n) is 17.1. The summed E-state index contributed by atoms with van der Waals surface area (Å²) in [4.78, 5) is 1.53. The molecule has 4 rings (SSSR count). The summed E-state index contributed by atoms with van der Waals surface area (Å²) in [7, 11) is 1.74. The molecule has 6 heteroatoms. The summed E-state index contributed by atoms with van der Waals surface area (Å²) in [5.41, 5.74) is 2.47. The number of aromatic nitrogens is 4. The number of aryl methyl sites for hydroxylation is 2. The highest BCUT2D eigenvalue weighted by molar-refractivity contribution is 5.37. The van der Waals surface area contributed by atoms with Crippen molar-refractivity contribution < 1.29 is 9.64 Å². The van der Waals surface area contributed by atoms with E-state index in [2.05, 4.69) is 51.9 Å². The summed E-state index contributed by atoms with van der Waals surface area (Å²) in [6.45, 7) is 3.04. The monoisotopic (exact) mass is 392 g/mol. The lowest BCUT2D eigenvalue weighted by Crippen LogP contribution is -3.12. The first-order chi connectivity index (χ1) is 14.4. The molecule has 1 atom stereocenters. The van der Waals surface area contributed by atoms with E-state index in [1.165, 1.54) is 41.7 Å². The van der Waals surface area contributed by atoms with Gasteiger partial charge in [0, 0.05) is 6.54 Å². The fourth-order valence-corrected chi connectivity index (χ4v) is 4.38. The third-order valence-corrected chi connectivity index (χ3v) is 5.88. The minimum absolute atomic E-state index is 0.0787. The maximum Gasteiger partial charge on any atom is 0.214 e. The highest BCUT2D eigenvalue weighted by Crippen LogP contribution is 2.27. The molecular weight excluding hydrogens is 362 g/mol. The van der Waals surface area contributed by atoms with Crippen molar-refractivity contribution in [1.29, 1.82) is 0 Å². The molecule has 0 amide bonds.